The van der Waals surface area contributed by atoms with Crippen molar-refractivity contribution in [2.24, 2.45) is 0 Å². The average molecular weight is 491 g/mol. The summed E-state index contributed by atoms with van der Waals surface area (Å²) in [6.07, 6.45) is 1.62. The molecule has 2 N–H and O–H groups in total. The van der Waals surface area contributed by atoms with Crippen molar-refractivity contribution >= 4 is 23.2 Å². The van der Waals surface area contributed by atoms with E-state index in [0.29, 0.717) is 30.0 Å². The molecule has 0 saturated heterocycles. The van der Waals surface area contributed by atoms with Crippen LogP contribution in [0.4, 0.5) is 16.0 Å². The second-order valence-corrected chi connectivity index (χ2v) is 8.52. The lowest BCUT2D eigenvalue weighted by Crippen LogP contribution is -2.42. The van der Waals surface area contributed by atoms with Gasteiger partial charge in [0, 0.05) is 29.9 Å². The topological polar surface area (TPSA) is 98.4 Å². The summed E-state index contributed by atoms with van der Waals surface area (Å²) in [5.41, 5.74) is -0.162. The third-order valence-corrected chi connectivity index (χ3v) is 5.25. The van der Waals surface area contributed by atoms with Crippen molar-refractivity contribution in [2.75, 3.05) is 11.9 Å². The highest BCUT2D eigenvalue weighted by molar-refractivity contribution is 6.30. The van der Waals surface area contributed by atoms with Gasteiger partial charge in [-0.15, -0.1) is 0 Å². The average Bonchev–Trinajstić information content (AvgIpc) is 2.78. The highest BCUT2D eigenvalue weighted by Gasteiger charge is 2.15. The Balaban J connectivity index is 1.97. The van der Waals surface area contributed by atoms with Gasteiger partial charge in [-0.05, 0) is 62.9 Å². The SMILES string of the molecule is CC(C)Oc1ccc(Nc2nc(=O)n(CCCCCO)c(=O)n2Cc2ccc(Cl)cc2)cc1F. The van der Waals surface area contributed by atoms with Gasteiger partial charge in [0.1, 0.15) is 0 Å². The molecule has 0 radical (unpaired) electrons. The second-order valence-electron chi connectivity index (χ2n) is 8.09. The largest absolute Gasteiger partial charge is 0.488 e. The minimum absolute atomic E-state index is 0.00603. The molecule has 0 aliphatic carbocycles. The summed E-state index contributed by atoms with van der Waals surface area (Å²) in [5.74, 6) is -0.485. The van der Waals surface area contributed by atoms with Gasteiger partial charge in [0.2, 0.25) is 5.95 Å². The highest BCUT2D eigenvalue weighted by atomic mass is 35.5. The first-order valence-corrected chi connectivity index (χ1v) is 11.5. The van der Waals surface area contributed by atoms with Crippen LogP contribution in [0.3, 0.4) is 0 Å². The van der Waals surface area contributed by atoms with E-state index >= 15 is 0 Å². The number of aliphatic hydroxyl groups excluding tert-OH is 1. The Morgan fingerprint density at radius 3 is 2.47 bits per heavy atom. The number of benzene rings is 2. The van der Waals surface area contributed by atoms with Crippen molar-refractivity contribution in [2.45, 2.75) is 52.3 Å². The first kappa shape index (κ1) is 25.5. The van der Waals surface area contributed by atoms with Gasteiger partial charge in [-0.1, -0.05) is 23.7 Å². The lowest BCUT2D eigenvalue weighted by atomic mass is 10.2. The van der Waals surface area contributed by atoms with Gasteiger partial charge in [-0.2, -0.15) is 4.98 Å². The monoisotopic (exact) mass is 490 g/mol. The summed E-state index contributed by atoms with van der Waals surface area (Å²) < 4.78 is 22.3. The Kier molecular flexibility index (Phi) is 8.84. The van der Waals surface area contributed by atoms with Crippen molar-refractivity contribution in [1.82, 2.24) is 14.1 Å². The molecule has 0 spiro atoms. The first-order chi connectivity index (χ1) is 16.3. The number of nitrogens with zero attached hydrogens (tertiary/aromatic N) is 3. The smallest absolute Gasteiger partial charge is 0.354 e. The van der Waals surface area contributed by atoms with E-state index in [1.807, 2.05) is 0 Å². The molecule has 0 atom stereocenters. The lowest BCUT2D eigenvalue weighted by molar-refractivity contribution is 0.231. The van der Waals surface area contributed by atoms with Crippen LogP contribution in [0.1, 0.15) is 38.7 Å². The van der Waals surface area contributed by atoms with Gasteiger partial charge in [0.05, 0.1) is 12.6 Å². The van der Waals surface area contributed by atoms with Crippen LogP contribution in [-0.4, -0.2) is 31.9 Å². The van der Waals surface area contributed by atoms with E-state index in [-0.39, 0.29) is 37.5 Å². The number of halogens is 2. The number of unbranched alkanes of at least 4 members (excludes halogenated alkanes) is 2. The van der Waals surface area contributed by atoms with Crippen molar-refractivity contribution in [3.63, 3.8) is 0 Å². The molecule has 2 aromatic carbocycles. The minimum Gasteiger partial charge on any atom is -0.488 e. The molecule has 10 heteroatoms. The van der Waals surface area contributed by atoms with Crippen LogP contribution >= 0.6 is 11.6 Å². The number of ether oxygens (including phenoxy) is 1. The van der Waals surface area contributed by atoms with Crippen LogP contribution in [0.5, 0.6) is 5.75 Å². The molecule has 34 heavy (non-hydrogen) atoms. The Labute approximate surface area is 201 Å². The number of hydrogen-bond acceptors (Lipinski definition) is 6. The zero-order valence-corrected chi connectivity index (χ0v) is 19.9. The molecule has 0 unspecified atom stereocenters. The maximum Gasteiger partial charge on any atom is 0.354 e. The molecule has 8 nitrogen and oxygen atoms in total. The third kappa shape index (κ3) is 6.68. The maximum atomic E-state index is 14.5. The van der Waals surface area contributed by atoms with E-state index in [1.165, 1.54) is 16.7 Å². The van der Waals surface area contributed by atoms with Crippen molar-refractivity contribution in [3.05, 3.63) is 79.8 Å². The fourth-order valence-corrected chi connectivity index (χ4v) is 3.47. The van der Waals surface area contributed by atoms with Crippen molar-refractivity contribution in [1.29, 1.82) is 0 Å². The van der Waals surface area contributed by atoms with E-state index in [4.69, 9.17) is 21.4 Å². The molecule has 0 fully saturated rings. The quantitative estimate of drug-likeness (QED) is 0.395. The summed E-state index contributed by atoms with van der Waals surface area (Å²) in [6, 6.07) is 11.2. The Morgan fingerprint density at radius 1 is 1.09 bits per heavy atom. The molecule has 3 rings (SSSR count). The number of aliphatic hydroxyl groups is 1. The summed E-state index contributed by atoms with van der Waals surface area (Å²) in [4.78, 5) is 30.0. The Bertz CT molecular complexity index is 1230. The number of nitrogens with one attached hydrogen (secondary N) is 1. The van der Waals surface area contributed by atoms with Crippen molar-refractivity contribution < 1.29 is 14.2 Å². The molecule has 0 aliphatic rings. The van der Waals surface area contributed by atoms with Crippen LogP contribution in [0.25, 0.3) is 0 Å². The van der Waals surface area contributed by atoms with E-state index in [1.54, 1.807) is 44.2 Å². The number of hydrogen-bond donors (Lipinski definition) is 2. The zero-order chi connectivity index (χ0) is 24.7. The normalized spacial score (nSPS) is 11.1. The Hall–Kier alpha value is -3.17. The first-order valence-electron chi connectivity index (χ1n) is 11.1. The van der Waals surface area contributed by atoms with Gasteiger partial charge in [0.25, 0.3) is 0 Å². The second kappa shape index (κ2) is 11.8. The summed E-state index contributed by atoms with van der Waals surface area (Å²) in [6.45, 7) is 3.95. The summed E-state index contributed by atoms with van der Waals surface area (Å²) >= 11 is 5.97. The fraction of sp³-hybridized carbons (Fsp3) is 0.375. The Morgan fingerprint density at radius 2 is 1.82 bits per heavy atom. The van der Waals surface area contributed by atoms with Crippen molar-refractivity contribution in [3.8, 4) is 5.75 Å². The van der Waals surface area contributed by atoms with Gasteiger partial charge in [-0.3, -0.25) is 4.57 Å². The number of rotatable bonds is 11. The van der Waals surface area contributed by atoms with Crippen LogP contribution < -0.4 is 21.4 Å². The molecular weight excluding hydrogens is 463 g/mol. The lowest BCUT2D eigenvalue weighted by Gasteiger charge is -2.16. The van der Waals surface area contributed by atoms with Gasteiger partial charge in [-0.25, -0.2) is 18.5 Å². The molecule has 0 aliphatic heterocycles. The van der Waals surface area contributed by atoms with Gasteiger partial charge >= 0.3 is 11.4 Å². The standard InChI is InChI=1S/C24H28ClFN4O4/c1-16(2)34-21-11-10-19(14-20(21)26)27-22-28-23(32)29(12-4-3-5-13-31)24(33)30(22)15-17-6-8-18(25)9-7-17/h6-11,14,16,31H,3-5,12-13,15H2,1-2H3,(H,27,28,32). The van der Waals surface area contributed by atoms with E-state index in [2.05, 4.69) is 10.3 Å². The maximum absolute atomic E-state index is 14.5. The fourth-order valence-electron chi connectivity index (χ4n) is 3.35. The molecule has 0 amide bonds. The van der Waals surface area contributed by atoms with E-state index in [9.17, 15) is 14.0 Å². The van der Waals surface area contributed by atoms with Gasteiger partial charge in [0.15, 0.2) is 11.6 Å². The molecule has 1 heterocycles. The molecule has 0 saturated carbocycles. The van der Waals surface area contributed by atoms with E-state index in [0.717, 1.165) is 10.1 Å². The predicted molar refractivity (Wildman–Crippen MR) is 130 cm³/mol. The molecule has 1 aromatic heterocycles. The minimum atomic E-state index is -0.705. The number of aromatic nitrogens is 3. The summed E-state index contributed by atoms with van der Waals surface area (Å²) in [5, 5.41) is 12.4. The van der Waals surface area contributed by atoms with E-state index < -0.39 is 17.2 Å². The predicted octanol–water partition coefficient (Wildman–Crippen LogP) is 3.94. The van der Waals surface area contributed by atoms with Crippen LogP contribution in [0.2, 0.25) is 5.02 Å². The third-order valence-electron chi connectivity index (χ3n) is 4.99. The molecule has 182 valence electrons. The molecule has 0 bridgehead atoms. The van der Waals surface area contributed by atoms with Crippen LogP contribution in [-0.2, 0) is 13.1 Å². The summed E-state index contributed by atoms with van der Waals surface area (Å²) in [7, 11) is 0. The highest BCUT2D eigenvalue weighted by Crippen LogP contribution is 2.24. The molecule has 3 aromatic rings. The van der Waals surface area contributed by atoms with Crippen LogP contribution in [0.15, 0.2) is 52.1 Å². The van der Waals surface area contributed by atoms with Gasteiger partial charge < -0.3 is 15.2 Å². The zero-order valence-electron chi connectivity index (χ0n) is 19.1. The molecular formula is C24H28ClFN4O4. The number of anilines is 2. The van der Waals surface area contributed by atoms with Crippen LogP contribution in [0, 0.1) is 5.82 Å².